The van der Waals surface area contributed by atoms with E-state index in [0.717, 1.165) is 17.7 Å². The standard InChI is InChI=1S/C17H19F2N3O2S/c18-14-4-5-17(16(19)11-14)25(23,24)22-8-6-21(7-9-22)12-13-2-1-3-15(20)10-13/h1-5,10-11H,6-9,12,20H2. The Labute approximate surface area is 145 Å². The molecule has 0 atom stereocenters. The lowest BCUT2D eigenvalue weighted by Gasteiger charge is -2.34. The van der Waals surface area contributed by atoms with Gasteiger partial charge < -0.3 is 5.73 Å². The second kappa shape index (κ2) is 7.07. The first-order valence-electron chi connectivity index (χ1n) is 7.88. The molecule has 0 unspecified atom stereocenters. The van der Waals surface area contributed by atoms with Crippen LogP contribution in [0, 0.1) is 11.6 Å². The molecule has 0 saturated carbocycles. The average molecular weight is 367 g/mol. The summed E-state index contributed by atoms with van der Waals surface area (Å²) in [7, 11) is -3.97. The molecule has 2 N–H and O–H groups in total. The van der Waals surface area contributed by atoms with E-state index in [9.17, 15) is 17.2 Å². The molecule has 1 saturated heterocycles. The molecule has 0 bridgehead atoms. The van der Waals surface area contributed by atoms with Crippen molar-refractivity contribution in [3.8, 4) is 0 Å². The molecule has 1 fully saturated rings. The predicted octanol–water partition coefficient (Wildman–Crippen LogP) is 2.05. The number of benzene rings is 2. The quantitative estimate of drug-likeness (QED) is 0.840. The smallest absolute Gasteiger partial charge is 0.246 e. The molecule has 3 rings (SSSR count). The molecular weight excluding hydrogens is 348 g/mol. The van der Waals surface area contributed by atoms with E-state index in [1.807, 2.05) is 24.3 Å². The molecule has 0 spiro atoms. The number of halogens is 2. The minimum atomic E-state index is -3.97. The zero-order chi connectivity index (χ0) is 18.0. The van der Waals surface area contributed by atoms with Gasteiger partial charge >= 0.3 is 0 Å². The van der Waals surface area contributed by atoms with Gasteiger partial charge in [0.1, 0.15) is 16.5 Å². The van der Waals surface area contributed by atoms with Gasteiger partial charge in [-0.3, -0.25) is 4.90 Å². The van der Waals surface area contributed by atoms with E-state index in [1.165, 1.54) is 4.31 Å². The van der Waals surface area contributed by atoms with Gasteiger partial charge in [-0.2, -0.15) is 4.31 Å². The van der Waals surface area contributed by atoms with Crippen molar-refractivity contribution in [2.75, 3.05) is 31.9 Å². The summed E-state index contributed by atoms with van der Waals surface area (Å²) in [5, 5.41) is 0. The van der Waals surface area contributed by atoms with Gasteiger partial charge in [0.2, 0.25) is 10.0 Å². The minimum absolute atomic E-state index is 0.251. The maximum Gasteiger partial charge on any atom is 0.246 e. The lowest BCUT2D eigenvalue weighted by Crippen LogP contribution is -2.48. The normalized spacial score (nSPS) is 16.9. The molecular formula is C17H19F2N3O2S. The summed E-state index contributed by atoms with van der Waals surface area (Å²) >= 11 is 0. The summed E-state index contributed by atoms with van der Waals surface area (Å²) in [6.07, 6.45) is 0. The lowest BCUT2D eigenvalue weighted by molar-refractivity contribution is 0.181. The van der Waals surface area contributed by atoms with Crippen LogP contribution >= 0.6 is 0 Å². The number of nitrogens with two attached hydrogens (primary N) is 1. The number of anilines is 1. The first-order chi connectivity index (χ1) is 11.9. The van der Waals surface area contributed by atoms with Crippen molar-refractivity contribution in [2.45, 2.75) is 11.4 Å². The van der Waals surface area contributed by atoms with E-state index in [-0.39, 0.29) is 13.1 Å². The number of piperazine rings is 1. The summed E-state index contributed by atoms with van der Waals surface area (Å²) in [6, 6.07) is 10.0. The Kier molecular flexibility index (Phi) is 5.03. The van der Waals surface area contributed by atoms with Crippen molar-refractivity contribution >= 4 is 15.7 Å². The summed E-state index contributed by atoms with van der Waals surface area (Å²) in [5.41, 5.74) is 7.51. The van der Waals surface area contributed by atoms with Crippen molar-refractivity contribution in [3.63, 3.8) is 0 Å². The Balaban J connectivity index is 1.67. The van der Waals surface area contributed by atoms with Gasteiger partial charge in [-0.15, -0.1) is 0 Å². The minimum Gasteiger partial charge on any atom is -0.399 e. The van der Waals surface area contributed by atoms with Gasteiger partial charge in [-0.25, -0.2) is 17.2 Å². The third kappa shape index (κ3) is 3.97. The third-order valence-corrected chi connectivity index (χ3v) is 6.13. The molecule has 0 amide bonds. The molecule has 1 aliphatic heterocycles. The van der Waals surface area contributed by atoms with E-state index in [4.69, 9.17) is 5.73 Å². The van der Waals surface area contributed by atoms with Crippen molar-refractivity contribution < 1.29 is 17.2 Å². The Morgan fingerprint density at radius 3 is 2.36 bits per heavy atom. The Bertz CT molecular complexity index is 866. The molecule has 1 aliphatic rings. The van der Waals surface area contributed by atoms with Crippen LogP contribution in [0.2, 0.25) is 0 Å². The van der Waals surface area contributed by atoms with Gasteiger partial charge in [-0.1, -0.05) is 12.1 Å². The van der Waals surface area contributed by atoms with Crippen molar-refractivity contribution in [1.29, 1.82) is 0 Å². The maximum absolute atomic E-state index is 13.8. The van der Waals surface area contributed by atoms with E-state index >= 15 is 0 Å². The van der Waals surface area contributed by atoms with Crippen LogP contribution in [0.1, 0.15) is 5.56 Å². The van der Waals surface area contributed by atoms with Gasteiger partial charge in [0, 0.05) is 44.5 Å². The van der Waals surface area contributed by atoms with Crippen LogP contribution in [-0.4, -0.2) is 43.8 Å². The fourth-order valence-electron chi connectivity index (χ4n) is 2.90. The van der Waals surface area contributed by atoms with Crippen LogP contribution in [-0.2, 0) is 16.6 Å². The third-order valence-electron chi connectivity index (χ3n) is 4.20. The average Bonchev–Trinajstić information content (AvgIpc) is 2.55. The van der Waals surface area contributed by atoms with Gasteiger partial charge in [0.15, 0.2) is 0 Å². The molecule has 2 aromatic rings. The first kappa shape index (κ1) is 17.8. The Morgan fingerprint density at radius 2 is 1.72 bits per heavy atom. The fourth-order valence-corrected chi connectivity index (χ4v) is 4.37. The second-order valence-electron chi connectivity index (χ2n) is 6.00. The number of rotatable bonds is 4. The van der Waals surface area contributed by atoms with Crippen molar-refractivity contribution in [3.05, 3.63) is 59.7 Å². The summed E-state index contributed by atoms with van der Waals surface area (Å²) < 4.78 is 53.2. The molecule has 8 heteroatoms. The topological polar surface area (TPSA) is 66.6 Å². The SMILES string of the molecule is Nc1cccc(CN2CCN(S(=O)(=O)c3ccc(F)cc3F)CC2)c1. The van der Waals surface area contributed by atoms with Gasteiger partial charge in [0.05, 0.1) is 0 Å². The van der Waals surface area contributed by atoms with Crippen LogP contribution < -0.4 is 5.73 Å². The molecule has 134 valence electrons. The highest BCUT2D eigenvalue weighted by atomic mass is 32.2. The highest BCUT2D eigenvalue weighted by Crippen LogP contribution is 2.22. The zero-order valence-corrected chi connectivity index (χ0v) is 14.3. The number of hydrogen-bond donors (Lipinski definition) is 1. The Hall–Kier alpha value is -2.03. The highest BCUT2D eigenvalue weighted by molar-refractivity contribution is 7.89. The second-order valence-corrected chi connectivity index (χ2v) is 7.91. The van der Waals surface area contributed by atoms with E-state index in [0.29, 0.717) is 31.4 Å². The molecule has 2 aromatic carbocycles. The van der Waals surface area contributed by atoms with Crippen LogP contribution in [0.25, 0.3) is 0 Å². The zero-order valence-electron chi connectivity index (χ0n) is 13.5. The predicted molar refractivity (Wildman–Crippen MR) is 91.2 cm³/mol. The summed E-state index contributed by atoms with van der Waals surface area (Å²) in [4.78, 5) is 1.63. The molecule has 5 nitrogen and oxygen atoms in total. The fraction of sp³-hybridized carbons (Fsp3) is 0.294. The summed E-state index contributed by atoms with van der Waals surface area (Å²) in [6.45, 7) is 2.22. The van der Waals surface area contributed by atoms with Crippen LogP contribution in [0.5, 0.6) is 0 Å². The molecule has 1 heterocycles. The molecule has 0 radical (unpaired) electrons. The van der Waals surface area contributed by atoms with E-state index in [1.54, 1.807) is 0 Å². The van der Waals surface area contributed by atoms with Crippen molar-refractivity contribution in [2.24, 2.45) is 0 Å². The lowest BCUT2D eigenvalue weighted by atomic mass is 10.2. The van der Waals surface area contributed by atoms with E-state index in [2.05, 4.69) is 4.90 Å². The number of sulfonamides is 1. The van der Waals surface area contributed by atoms with Crippen LogP contribution in [0.15, 0.2) is 47.4 Å². The van der Waals surface area contributed by atoms with Gasteiger partial charge in [0.25, 0.3) is 0 Å². The Morgan fingerprint density at radius 1 is 1.00 bits per heavy atom. The number of nitrogen functional groups attached to an aromatic ring is 1. The monoisotopic (exact) mass is 367 g/mol. The maximum atomic E-state index is 13.8. The van der Waals surface area contributed by atoms with Crippen LogP contribution in [0.4, 0.5) is 14.5 Å². The van der Waals surface area contributed by atoms with Gasteiger partial charge in [-0.05, 0) is 29.8 Å². The first-order valence-corrected chi connectivity index (χ1v) is 9.32. The molecule has 0 aliphatic carbocycles. The van der Waals surface area contributed by atoms with Crippen molar-refractivity contribution in [1.82, 2.24) is 9.21 Å². The molecule has 25 heavy (non-hydrogen) atoms. The highest BCUT2D eigenvalue weighted by Gasteiger charge is 2.30. The largest absolute Gasteiger partial charge is 0.399 e. The number of hydrogen-bond acceptors (Lipinski definition) is 4. The number of nitrogens with zero attached hydrogens (tertiary/aromatic N) is 2. The van der Waals surface area contributed by atoms with Crippen LogP contribution in [0.3, 0.4) is 0 Å². The summed E-state index contributed by atoms with van der Waals surface area (Å²) in [5.74, 6) is -1.87. The van der Waals surface area contributed by atoms with E-state index < -0.39 is 26.6 Å². The molecule has 0 aromatic heterocycles.